The van der Waals surface area contributed by atoms with Gasteiger partial charge in [0.25, 0.3) is 0 Å². The van der Waals surface area contributed by atoms with Crippen molar-refractivity contribution in [3.63, 3.8) is 0 Å². The first-order valence-electron chi connectivity index (χ1n) is 5.67. The summed E-state index contributed by atoms with van der Waals surface area (Å²) in [4.78, 5) is 12.8. The van der Waals surface area contributed by atoms with E-state index < -0.39 is 0 Å². The largest absolute Gasteiger partial charge is 0.299 e. The van der Waals surface area contributed by atoms with Crippen molar-refractivity contribution in [1.29, 1.82) is 0 Å². The molecule has 3 heterocycles. The molecule has 19 heavy (non-hydrogen) atoms. The number of thiazole rings is 1. The van der Waals surface area contributed by atoms with Crippen molar-refractivity contribution in [2.45, 2.75) is 13.5 Å². The monoisotopic (exact) mass is 290 g/mol. The molecular formula is C11H10N6S2. The van der Waals surface area contributed by atoms with E-state index in [-0.39, 0.29) is 0 Å². The normalized spacial score (nSPS) is 10.8. The molecule has 0 unspecified atom stereocenters. The zero-order valence-electron chi connectivity index (χ0n) is 10.1. The van der Waals surface area contributed by atoms with Crippen molar-refractivity contribution >= 4 is 23.6 Å². The summed E-state index contributed by atoms with van der Waals surface area (Å²) in [5, 5.41) is 9.77. The highest BCUT2D eigenvalue weighted by Crippen LogP contribution is 2.26. The average Bonchev–Trinajstić information content (AvgIpc) is 3.06. The highest BCUT2D eigenvalue weighted by molar-refractivity contribution is 7.71. The molecule has 0 spiro atoms. The van der Waals surface area contributed by atoms with Crippen LogP contribution in [-0.2, 0) is 6.54 Å². The van der Waals surface area contributed by atoms with Gasteiger partial charge in [-0.15, -0.1) is 11.3 Å². The molecule has 8 heteroatoms. The van der Waals surface area contributed by atoms with E-state index in [1.165, 1.54) is 11.3 Å². The number of H-pyrrole nitrogens is 1. The molecule has 0 fully saturated rings. The molecule has 3 aromatic heterocycles. The van der Waals surface area contributed by atoms with Gasteiger partial charge in [-0.2, -0.15) is 5.10 Å². The molecule has 3 rings (SSSR count). The lowest BCUT2D eigenvalue weighted by molar-refractivity contribution is 0.754. The standard InChI is InChI=1S/C11H10N6S2/c1-2-17-9(15-16-11(17)18)8-6-19-10(14-8)7-5-12-3-4-13-7/h3-6H,2H2,1H3,(H,16,18). The Bertz CT molecular complexity index is 742. The molecule has 0 saturated heterocycles. The zero-order chi connectivity index (χ0) is 13.2. The maximum atomic E-state index is 5.17. The Kier molecular flexibility index (Phi) is 3.18. The Hall–Kier alpha value is -1.93. The number of aromatic amines is 1. The maximum absolute atomic E-state index is 5.17. The molecule has 0 amide bonds. The molecule has 96 valence electrons. The number of nitrogens with one attached hydrogen (secondary N) is 1. The van der Waals surface area contributed by atoms with Crippen LogP contribution in [0.25, 0.3) is 22.2 Å². The quantitative estimate of drug-likeness (QED) is 0.750. The first kappa shape index (κ1) is 12.1. The molecule has 0 bridgehead atoms. The molecule has 6 nitrogen and oxygen atoms in total. The summed E-state index contributed by atoms with van der Waals surface area (Å²) in [6, 6.07) is 0. The number of nitrogens with zero attached hydrogens (tertiary/aromatic N) is 5. The number of hydrogen-bond acceptors (Lipinski definition) is 6. The summed E-state index contributed by atoms with van der Waals surface area (Å²) in [6.45, 7) is 2.77. The van der Waals surface area contributed by atoms with Crippen LogP contribution in [0, 0.1) is 4.77 Å². The number of aromatic nitrogens is 6. The minimum absolute atomic E-state index is 0.603. The second-order valence-electron chi connectivity index (χ2n) is 3.73. The molecule has 0 aliphatic rings. The third-order valence-corrected chi connectivity index (χ3v) is 3.77. The lowest BCUT2D eigenvalue weighted by Crippen LogP contribution is -1.97. The van der Waals surface area contributed by atoms with Crippen LogP contribution >= 0.6 is 23.6 Å². The van der Waals surface area contributed by atoms with E-state index >= 15 is 0 Å². The average molecular weight is 290 g/mol. The second kappa shape index (κ2) is 4.98. The molecule has 0 radical (unpaired) electrons. The number of rotatable bonds is 3. The molecule has 0 aromatic carbocycles. The van der Waals surface area contributed by atoms with Crippen molar-refractivity contribution in [2.75, 3.05) is 0 Å². The van der Waals surface area contributed by atoms with Crippen LogP contribution in [0.2, 0.25) is 0 Å². The van der Waals surface area contributed by atoms with Crippen LogP contribution in [0.15, 0.2) is 24.0 Å². The van der Waals surface area contributed by atoms with E-state index in [0.717, 1.165) is 28.8 Å². The minimum atomic E-state index is 0.603. The molecule has 0 aliphatic carbocycles. The molecule has 3 aromatic rings. The lowest BCUT2D eigenvalue weighted by atomic mass is 10.4. The smallest absolute Gasteiger partial charge is 0.195 e. The van der Waals surface area contributed by atoms with Gasteiger partial charge in [-0.3, -0.25) is 19.6 Å². The Morgan fingerprint density at radius 3 is 3.00 bits per heavy atom. The van der Waals surface area contributed by atoms with Gasteiger partial charge >= 0.3 is 0 Å². The van der Waals surface area contributed by atoms with Crippen molar-refractivity contribution in [1.82, 2.24) is 29.7 Å². The highest BCUT2D eigenvalue weighted by Gasteiger charge is 2.13. The molecule has 0 atom stereocenters. The summed E-state index contributed by atoms with van der Waals surface area (Å²) in [7, 11) is 0. The van der Waals surface area contributed by atoms with Gasteiger partial charge in [-0.25, -0.2) is 4.98 Å². The van der Waals surface area contributed by atoms with Crippen LogP contribution in [0.4, 0.5) is 0 Å². The van der Waals surface area contributed by atoms with Crippen molar-refractivity contribution < 1.29 is 0 Å². The Labute approximate surface area is 118 Å². The van der Waals surface area contributed by atoms with Gasteiger partial charge < -0.3 is 0 Å². The van der Waals surface area contributed by atoms with Gasteiger partial charge in [0, 0.05) is 24.3 Å². The third kappa shape index (κ3) is 2.20. The van der Waals surface area contributed by atoms with Crippen molar-refractivity contribution in [3.05, 3.63) is 28.7 Å². The first-order chi connectivity index (χ1) is 9.29. The van der Waals surface area contributed by atoms with Crippen LogP contribution in [0.5, 0.6) is 0 Å². The number of hydrogen-bond donors (Lipinski definition) is 1. The van der Waals surface area contributed by atoms with Gasteiger partial charge in [-0.1, -0.05) is 0 Å². The van der Waals surface area contributed by atoms with Crippen LogP contribution in [-0.4, -0.2) is 29.7 Å². The van der Waals surface area contributed by atoms with Crippen LogP contribution < -0.4 is 0 Å². The second-order valence-corrected chi connectivity index (χ2v) is 4.97. The topological polar surface area (TPSA) is 72.3 Å². The van der Waals surface area contributed by atoms with E-state index in [1.54, 1.807) is 18.6 Å². The third-order valence-electron chi connectivity index (χ3n) is 2.59. The molecular weight excluding hydrogens is 280 g/mol. The summed E-state index contributed by atoms with van der Waals surface area (Å²) < 4.78 is 2.51. The molecule has 1 N–H and O–H groups in total. The van der Waals surface area contributed by atoms with Gasteiger partial charge in [0.2, 0.25) is 0 Å². The minimum Gasteiger partial charge on any atom is -0.299 e. The summed E-state index contributed by atoms with van der Waals surface area (Å²) in [6.07, 6.45) is 4.98. The van der Waals surface area contributed by atoms with E-state index in [2.05, 4.69) is 25.1 Å². The van der Waals surface area contributed by atoms with E-state index in [9.17, 15) is 0 Å². The van der Waals surface area contributed by atoms with Crippen LogP contribution in [0.3, 0.4) is 0 Å². The van der Waals surface area contributed by atoms with Crippen LogP contribution in [0.1, 0.15) is 6.92 Å². The van der Waals surface area contributed by atoms with Gasteiger partial charge in [0.1, 0.15) is 16.4 Å². The maximum Gasteiger partial charge on any atom is 0.195 e. The SMILES string of the molecule is CCn1c(-c2csc(-c3cnccn3)n2)n[nH]c1=S. The van der Waals surface area contributed by atoms with E-state index in [0.29, 0.717) is 4.77 Å². The lowest BCUT2D eigenvalue weighted by Gasteiger charge is -1.99. The zero-order valence-corrected chi connectivity index (χ0v) is 11.7. The fourth-order valence-corrected chi connectivity index (χ4v) is 2.73. The van der Waals surface area contributed by atoms with Gasteiger partial charge in [0.15, 0.2) is 10.6 Å². The summed E-state index contributed by atoms with van der Waals surface area (Å²) >= 11 is 6.68. The van der Waals surface area contributed by atoms with E-state index in [1.807, 2.05) is 16.9 Å². The Morgan fingerprint density at radius 1 is 1.37 bits per heavy atom. The van der Waals surface area contributed by atoms with Crippen molar-refractivity contribution in [3.8, 4) is 22.2 Å². The first-order valence-corrected chi connectivity index (χ1v) is 6.96. The summed E-state index contributed by atoms with van der Waals surface area (Å²) in [5.41, 5.74) is 1.55. The predicted octanol–water partition coefficient (Wildman–Crippen LogP) is 2.54. The fourth-order valence-electron chi connectivity index (χ4n) is 1.71. The highest BCUT2D eigenvalue weighted by atomic mass is 32.1. The summed E-state index contributed by atoms with van der Waals surface area (Å²) in [5.74, 6) is 0.749. The van der Waals surface area contributed by atoms with Gasteiger partial charge in [0.05, 0.1) is 6.20 Å². The molecule has 0 aliphatic heterocycles. The molecule has 0 saturated carbocycles. The fraction of sp³-hybridized carbons (Fsp3) is 0.182. The predicted molar refractivity (Wildman–Crippen MR) is 75.2 cm³/mol. The van der Waals surface area contributed by atoms with E-state index in [4.69, 9.17) is 12.2 Å². The van der Waals surface area contributed by atoms with Crippen molar-refractivity contribution in [2.24, 2.45) is 0 Å². The Morgan fingerprint density at radius 2 is 2.26 bits per heavy atom. The van der Waals surface area contributed by atoms with Gasteiger partial charge in [-0.05, 0) is 19.1 Å². The Balaban J connectivity index is 2.04.